The van der Waals surface area contributed by atoms with Crippen molar-refractivity contribution in [3.63, 3.8) is 0 Å². The highest BCUT2D eigenvalue weighted by Crippen LogP contribution is 2.40. The Hall–Kier alpha value is -2.50. The molecule has 0 spiro atoms. The molecule has 146 valence electrons. The van der Waals surface area contributed by atoms with E-state index in [0.29, 0.717) is 0 Å². The molecule has 3 rings (SSSR count). The molecule has 1 heterocycles. The summed E-state index contributed by atoms with van der Waals surface area (Å²) in [5.74, 6) is -3.62. The van der Waals surface area contributed by atoms with Crippen LogP contribution in [0.2, 0.25) is 0 Å². The third-order valence-electron chi connectivity index (χ3n) is 4.62. The van der Waals surface area contributed by atoms with Crippen molar-refractivity contribution in [2.24, 2.45) is 0 Å². The summed E-state index contributed by atoms with van der Waals surface area (Å²) in [6.45, 7) is 0.597. The molecule has 27 heavy (non-hydrogen) atoms. The van der Waals surface area contributed by atoms with Crippen LogP contribution in [0.1, 0.15) is 22.8 Å². The summed E-state index contributed by atoms with van der Waals surface area (Å²) < 4.78 is 10.5. The molecule has 1 aliphatic heterocycles. The molecule has 10 nitrogen and oxygen atoms in total. The van der Waals surface area contributed by atoms with Crippen LogP contribution in [0.5, 0.6) is 11.5 Å². The number of benzene rings is 1. The fourth-order valence-electron chi connectivity index (χ4n) is 2.98. The van der Waals surface area contributed by atoms with Gasteiger partial charge in [-0.15, -0.1) is 0 Å². The zero-order valence-electron chi connectivity index (χ0n) is 14.1. The van der Waals surface area contributed by atoms with Crippen LogP contribution < -0.4 is 4.74 Å². The van der Waals surface area contributed by atoms with Gasteiger partial charge in [0.1, 0.15) is 30.2 Å². The predicted octanol–water partition coefficient (Wildman–Crippen LogP) is -1.37. The van der Waals surface area contributed by atoms with Gasteiger partial charge in [-0.3, -0.25) is 9.59 Å². The molecule has 0 aromatic heterocycles. The lowest BCUT2D eigenvalue weighted by Crippen LogP contribution is -2.60. The van der Waals surface area contributed by atoms with Crippen molar-refractivity contribution in [3.05, 3.63) is 28.8 Å². The fourth-order valence-corrected chi connectivity index (χ4v) is 2.98. The number of aliphatic hydroxyl groups is 5. The van der Waals surface area contributed by atoms with Gasteiger partial charge in [0.2, 0.25) is 17.9 Å². The Morgan fingerprint density at radius 3 is 2.33 bits per heavy atom. The van der Waals surface area contributed by atoms with E-state index in [1.54, 1.807) is 0 Å². The minimum absolute atomic E-state index is 0.0595. The summed E-state index contributed by atoms with van der Waals surface area (Å²) in [6.07, 6.45) is -7.84. The number of aliphatic hydroxyl groups excluding tert-OH is 5. The van der Waals surface area contributed by atoms with Crippen LogP contribution in [0.3, 0.4) is 0 Å². The average molecular weight is 382 g/mol. The van der Waals surface area contributed by atoms with Gasteiger partial charge in [0.15, 0.2) is 11.5 Å². The van der Waals surface area contributed by atoms with Crippen molar-refractivity contribution in [3.8, 4) is 11.5 Å². The van der Waals surface area contributed by atoms with Crippen LogP contribution in [-0.2, 0) is 9.53 Å². The molecule has 0 saturated carbocycles. The van der Waals surface area contributed by atoms with Crippen LogP contribution in [0.25, 0.3) is 5.76 Å². The van der Waals surface area contributed by atoms with Crippen LogP contribution in [0, 0.1) is 0 Å². The van der Waals surface area contributed by atoms with E-state index in [4.69, 9.17) is 9.47 Å². The minimum Gasteiger partial charge on any atom is -0.507 e. The zero-order chi connectivity index (χ0) is 20.0. The number of Topliss-reactive ketones (excluding diaryl/α,β-unsaturated/α-hetero) is 2. The zero-order valence-corrected chi connectivity index (χ0v) is 14.1. The number of carbonyl (C=O) groups is 2. The maximum atomic E-state index is 12.2. The van der Waals surface area contributed by atoms with E-state index in [1.165, 1.54) is 19.1 Å². The Morgan fingerprint density at radius 1 is 1.04 bits per heavy atom. The largest absolute Gasteiger partial charge is 0.507 e. The molecule has 6 N–H and O–H groups in total. The van der Waals surface area contributed by atoms with E-state index in [9.17, 15) is 40.2 Å². The highest BCUT2D eigenvalue weighted by molar-refractivity contribution is 6.52. The highest BCUT2D eigenvalue weighted by Gasteiger charge is 2.45. The normalized spacial score (nSPS) is 31.1. The second-order valence-corrected chi connectivity index (χ2v) is 6.28. The van der Waals surface area contributed by atoms with E-state index >= 15 is 0 Å². The molecule has 10 heteroatoms. The van der Waals surface area contributed by atoms with Crippen LogP contribution in [0.15, 0.2) is 17.7 Å². The van der Waals surface area contributed by atoms with Crippen LogP contribution in [0.4, 0.5) is 0 Å². The van der Waals surface area contributed by atoms with Gasteiger partial charge in [-0.1, -0.05) is 0 Å². The Balaban J connectivity index is 1.96. The number of aromatic hydroxyl groups is 1. The van der Waals surface area contributed by atoms with Gasteiger partial charge in [-0.2, -0.15) is 0 Å². The first kappa shape index (κ1) is 19.3. The monoisotopic (exact) mass is 382 g/mol. The third kappa shape index (κ3) is 2.97. The van der Waals surface area contributed by atoms with Gasteiger partial charge >= 0.3 is 0 Å². The summed E-state index contributed by atoms with van der Waals surface area (Å²) >= 11 is 0. The summed E-state index contributed by atoms with van der Waals surface area (Å²) in [4.78, 5) is 24.1. The first-order chi connectivity index (χ1) is 12.7. The topological polar surface area (TPSA) is 174 Å². The lowest BCUT2D eigenvalue weighted by molar-refractivity contribution is -0.277. The molecular formula is C17H18O10. The Morgan fingerprint density at radius 2 is 1.70 bits per heavy atom. The van der Waals surface area contributed by atoms with Crippen molar-refractivity contribution in [2.75, 3.05) is 6.61 Å². The molecule has 1 saturated heterocycles. The summed E-state index contributed by atoms with van der Waals surface area (Å²) in [5.41, 5.74) is -0.685. The minimum atomic E-state index is -1.73. The standard InChI is InChI=1S/C17H18O10/c1-5-10(19)6-2-3-7(12(21)9(6)14(23)11(5)20)26-17-16(25)15(24)13(22)8(4-18)27-17/h2-3,8,13,15-19,21-22,24-25H,4H2,1H3. The van der Waals surface area contributed by atoms with Crippen LogP contribution in [-0.4, -0.2) is 79.5 Å². The number of ketones is 2. The van der Waals surface area contributed by atoms with Crippen molar-refractivity contribution in [2.45, 2.75) is 37.6 Å². The van der Waals surface area contributed by atoms with Gasteiger partial charge in [0.05, 0.1) is 12.2 Å². The first-order valence-electron chi connectivity index (χ1n) is 8.01. The number of rotatable bonds is 3. The van der Waals surface area contributed by atoms with Crippen molar-refractivity contribution in [1.29, 1.82) is 0 Å². The second-order valence-electron chi connectivity index (χ2n) is 6.28. The van der Waals surface area contributed by atoms with E-state index in [2.05, 4.69) is 0 Å². The number of hydrogen-bond donors (Lipinski definition) is 6. The lowest BCUT2D eigenvalue weighted by Gasteiger charge is -2.39. The SMILES string of the molecule is CC1=C(O)c2ccc(OC3OC(CO)C(O)C(O)C3O)c(O)c2C(=O)C1=O. The third-order valence-corrected chi connectivity index (χ3v) is 4.62. The molecule has 5 unspecified atom stereocenters. The average Bonchev–Trinajstić information content (AvgIpc) is 2.66. The van der Waals surface area contributed by atoms with E-state index in [0.717, 1.165) is 0 Å². The molecular weight excluding hydrogens is 364 g/mol. The quantitative estimate of drug-likeness (QED) is 0.342. The molecule has 1 aromatic rings. The number of carbonyl (C=O) groups excluding carboxylic acids is 2. The van der Waals surface area contributed by atoms with Crippen molar-refractivity contribution >= 4 is 17.3 Å². The number of ether oxygens (including phenoxy) is 2. The Labute approximate surface area is 152 Å². The highest BCUT2D eigenvalue weighted by atomic mass is 16.7. The van der Waals surface area contributed by atoms with E-state index in [1.807, 2.05) is 0 Å². The first-order valence-corrected chi connectivity index (χ1v) is 8.01. The molecule has 0 radical (unpaired) electrons. The van der Waals surface area contributed by atoms with E-state index < -0.39 is 66.0 Å². The Kier molecular flexibility index (Phi) is 4.93. The summed E-state index contributed by atoms with van der Waals surface area (Å²) in [5, 5.41) is 59.1. The maximum absolute atomic E-state index is 12.2. The molecule has 0 amide bonds. The van der Waals surface area contributed by atoms with E-state index in [-0.39, 0.29) is 16.9 Å². The number of fused-ring (bicyclic) bond motifs is 1. The maximum Gasteiger partial charge on any atom is 0.237 e. The molecule has 1 aromatic carbocycles. The number of phenolic OH excluding ortho intramolecular Hbond substituents is 1. The molecule has 5 atom stereocenters. The van der Waals surface area contributed by atoms with Crippen molar-refractivity contribution in [1.82, 2.24) is 0 Å². The van der Waals surface area contributed by atoms with Crippen molar-refractivity contribution < 1.29 is 49.7 Å². The molecule has 1 aliphatic carbocycles. The lowest BCUT2D eigenvalue weighted by atomic mass is 9.88. The molecule has 0 bridgehead atoms. The number of phenols is 1. The number of hydrogen-bond acceptors (Lipinski definition) is 10. The van der Waals surface area contributed by atoms with Crippen LogP contribution >= 0.6 is 0 Å². The fraction of sp³-hybridized carbons (Fsp3) is 0.412. The molecule has 1 fully saturated rings. The van der Waals surface area contributed by atoms with Gasteiger partial charge < -0.3 is 40.1 Å². The second kappa shape index (κ2) is 6.91. The van der Waals surface area contributed by atoms with Gasteiger partial charge in [-0.05, 0) is 19.1 Å². The predicted molar refractivity (Wildman–Crippen MR) is 87.1 cm³/mol. The smallest absolute Gasteiger partial charge is 0.237 e. The Bertz CT molecular complexity index is 827. The summed E-state index contributed by atoms with van der Waals surface area (Å²) in [7, 11) is 0. The van der Waals surface area contributed by atoms with Gasteiger partial charge in [-0.25, -0.2) is 0 Å². The van der Waals surface area contributed by atoms with Gasteiger partial charge in [0.25, 0.3) is 0 Å². The van der Waals surface area contributed by atoms with Gasteiger partial charge in [0, 0.05) is 11.1 Å². The number of allylic oxidation sites excluding steroid dienone is 1. The summed E-state index contributed by atoms with van der Waals surface area (Å²) in [6, 6.07) is 2.40. The molecule has 2 aliphatic rings.